The molecule has 2 aromatic heterocycles. The molecule has 2 aliphatic rings. The van der Waals surface area contributed by atoms with Crippen LogP contribution in [0.25, 0.3) is 11.0 Å². The Labute approximate surface area is 154 Å². The molecule has 6 nitrogen and oxygen atoms in total. The first-order valence-corrected chi connectivity index (χ1v) is 9.73. The van der Waals surface area contributed by atoms with Gasteiger partial charge < -0.3 is 15.0 Å². The molecule has 2 saturated heterocycles. The monoisotopic (exact) mass is 356 g/mol. The molecular formula is C20H28N4O2. The Kier molecular flexibility index (Phi) is 4.96. The standard InChI is InChI=1S/C20H28N4O2/c1-14(25)24-9-3-4-15(12-24)19-17(13-23-10-6-16(26)7-11-23)20-18(22-19)5-2-8-21-20/h2,5,8,15-16,22,26H,3-4,6-7,9-13H2,1H3/t15-/m0/s1. The zero-order valence-electron chi connectivity index (χ0n) is 15.4. The number of aliphatic hydroxyl groups excluding tert-OH is 1. The van der Waals surface area contributed by atoms with E-state index in [1.54, 1.807) is 6.92 Å². The van der Waals surface area contributed by atoms with E-state index in [4.69, 9.17) is 0 Å². The zero-order valence-corrected chi connectivity index (χ0v) is 15.4. The van der Waals surface area contributed by atoms with Crippen LogP contribution in [-0.4, -0.2) is 63.1 Å². The van der Waals surface area contributed by atoms with Crippen LogP contribution < -0.4 is 0 Å². The molecule has 1 amide bonds. The topological polar surface area (TPSA) is 72.5 Å². The molecule has 1 atom stereocenters. The molecule has 2 fully saturated rings. The number of H-pyrrole nitrogens is 1. The number of nitrogens with zero attached hydrogens (tertiary/aromatic N) is 3. The van der Waals surface area contributed by atoms with Crippen LogP contribution in [-0.2, 0) is 11.3 Å². The molecule has 0 spiro atoms. The van der Waals surface area contributed by atoms with Gasteiger partial charge in [-0.15, -0.1) is 0 Å². The molecule has 0 unspecified atom stereocenters. The van der Waals surface area contributed by atoms with Crippen LogP contribution >= 0.6 is 0 Å². The number of carbonyl (C=O) groups is 1. The fourth-order valence-corrected chi connectivity index (χ4v) is 4.40. The highest BCUT2D eigenvalue weighted by Crippen LogP contribution is 2.33. The zero-order chi connectivity index (χ0) is 18.1. The van der Waals surface area contributed by atoms with Crippen LogP contribution in [0.1, 0.15) is 49.8 Å². The number of nitrogens with one attached hydrogen (secondary N) is 1. The summed E-state index contributed by atoms with van der Waals surface area (Å²) in [4.78, 5) is 24.5. The van der Waals surface area contributed by atoms with Crippen LogP contribution in [0.4, 0.5) is 0 Å². The number of aromatic nitrogens is 2. The number of fused-ring (bicyclic) bond motifs is 1. The average molecular weight is 356 g/mol. The first-order chi connectivity index (χ1) is 12.6. The van der Waals surface area contributed by atoms with Crippen molar-refractivity contribution in [2.75, 3.05) is 26.2 Å². The van der Waals surface area contributed by atoms with E-state index in [1.165, 1.54) is 11.3 Å². The largest absolute Gasteiger partial charge is 0.393 e. The fraction of sp³-hybridized carbons (Fsp3) is 0.600. The van der Waals surface area contributed by atoms with Gasteiger partial charge in [0.2, 0.25) is 5.91 Å². The van der Waals surface area contributed by atoms with E-state index in [9.17, 15) is 9.90 Å². The lowest BCUT2D eigenvalue weighted by atomic mass is 9.92. The van der Waals surface area contributed by atoms with Crippen molar-refractivity contribution < 1.29 is 9.90 Å². The van der Waals surface area contributed by atoms with Gasteiger partial charge in [-0.1, -0.05) is 0 Å². The number of hydrogen-bond acceptors (Lipinski definition) is 4. The van der Waals surface area contributed by atoms with Crippen LogP contribution in [0.15, 0.2) is 18.3 Å². The molecule has 4 heterocycles. The quantitative estimate of drug-likeness (QED) is 0.885. The molecule has 0 radical (unpaired) electrons. The van der Waals surface area contributed by atoms with Crippen molar-refractivity contribution in [2.24, 2.45) is 0 Å². The second-order valence-electron chi connectivity index (χ2n) is 7.73. The number of piperidine rings is 2. The van der Waals surface area contributed by atoms with Crippen LogP contribution in [0.3, 0.4) is 0 Å². The summed E-state index contributed by atoms with van der Waals surface area (Å²) >= 11 is 0. The minimum atomic E-state index is -0.158. The Hall–Kier alpha value is -1.92. The highest BCUT2D eigenvalue weighted by atomic mass is 16.3. The molecule has 0 aliphatic carbocycles. The van der Waals surface area contributed by atoms with Crippen molar-refractivity contribution in [1.29, 1.82) is 0 Å². The third kappa shape index (κ3) is 3.48. The highest BCUT2D eigenvalue weighted by molar-refractivity contribution is 5.80. The lowest BCUT2D eigenvalue weighted by Crippen LogP contribution is -2.38. The van der Waals surface area contributed by atoms with E-state index in [2.05, 4.69) is 20.9 Å². The van der Waals surface area contributed by atoms with Gasteiger partial charge in [-0.25, -0.2) is 0 Å². The number of amides is 1. The van der Waals surface area contributed by atoms with E-state index >= 15 is 0 Å². The van der Waals surface area contributed by atoms with Crippen LogP contribution in [0.5, 0.6) is 0 Å². The first kappa shape index (κ1) is 17.5. The Morgan fingerprint density at radius 2 is 2.12 bits per heavy atom. The van der Waals surface area contributed by atoms with Crippen molar-refractivity contribution >= 4 is 16.9 Å². The van der Waals surface area contributed by atoms with Crippen molar-refractivity contribution in [3.63, 3.8) is 0 Å². The summed E-state index contributed by atoms with van der Waals surface area (Å²) in [7, 11) is 0. The third-order valence-corrected chi connectivity index (χ3v) is 5.90. The van der Waals surface area contributed by atoms with Crippen molar-refractivity contribution in [1.82, 2.24) is 19.8 Å². The van der Waals surface area contributed by atoms with Crippen molar-refractivity contribution in [3.05, 3.63) is 29.6 Å². The summed E-state index contributed by atoms with van der Waals surface area (Å²) in [5.41, 5.74) is 4.64. The molecule has 2 aliphatic heterocycles. The minimum absolute atomic E-state index is 0.158. The molecule has 140 valence electrons. The van der Waals surface area contributed by atoms with E-state index in [1.807, 2.05) is 17.2 Å². The number of carbonyl (C=O) groups excluding carboxylic acids is 1. The van der Waals surface area contributed by atoms with E-state index < -0.39 is 0 Å². The van der Waals surface area contributed by atoms with Gasteiger partial charge in [0.15, 0.2) is 0 Å². The maximum Gasteiger partial charge on any atom is 0.219 e. The molecule has 6 heteroatoms. The van der Waals surface area contributed by atoms with Crippen LogP contribution in [0.2, 0.25) is 0 Å². The van der Waals surface area contributed by atoms with Crippen molar-refractivity contribution in [2.45, 2.75) is 51.2 Å². The molecule has 0 saturated carbocycles. The van der Waals surface area contributed by atoms with Gasteiger partial charge >= 0.3 is 0 Å². The van der Waals surface area contributed by atoms with Gasteiger partial charge in [-0.05, 0) is 37.8 Å². The second kappa shape index (κ2) is 7.37. The number of aliphatic hydroxyl groups is 1. The number of aromatic amines is 1. The third-order valence-electron chi connectivity index (χ3n) is 5.90. The molecule has 2 N–H and O–H groups in total. The Balaban J connectivity index is 1.64. The van der Waals surface area contributed by atoms with E-state index in [-0.39, 0.29) is 12.0 Å². The predicted octanol–water partition coefficient (Wildman–Crippen LogP) is 2.25. The smallest absolute Gasteiger partial charge is 0.219 e. The lowest BCUT2D eigenvalue weighted by Gasteiger charge is -2.33. The summed E-state index contributed by atoms with van der Waals surface area (Å²) in [6, 6.07) is 4.05. The predicted molar refractivity (Wildman–Crippen MR) is 101 cm³/mol. The summed E-state index contributed by atoms with van der Waals surface area (Å²) in [5.74, 6) is 0.503. The van der Waals surface area contributed by atoms with Gasteiger partial charge in [0.25, 0.3) is 0 Å². The van der Waals surface area contributed by atoms with E-state index in [0.29, 0.717) is 5.92 Å². The second-order valence-corrected chi connectivity index (χ2v) is 7.73. The van der Waals surface area contributed by atoms with Gasteiger partial charge in [-0.3, -0.25) is 14.7 Å². The maximum atomic E-state index is 11.9. The Morgan fingerprint density at radius 1 is 1.31 bits per heavy atom. The highest BCUT2D eigenvalue weighted by Gasteiger charge is 2.28. The molecule has 4 rings (SSSR count). The number of pyridine rings is 1. The van der Waals surface area contributed by atoms with Gasteiger partial charge in [0.1, 0.15) is 0 Å². The summed E-state index contributed by atoms with van der Waals surface area (Å²) < 4.78 is 0. The Morgan fingerprint density at radius 3 is 2.88 bits per heavy atom. The normalized spacial score (nSPS) is 22.8. The average Bonchev–Trinajstić information content (AvgIpc) is 3.02. The SMILES string of the molecule is CC(=O)N1CCC[C@H](c2[nH]c3cccnc3c2CN2CCC(O)CC2)C1. The number of likely N-dealkylation sites (tertiary alicyclic amines) is 2. The first-order valence-electron chi connectivity index (χ1n) is 9.73. The van der Waals surface area contributed by atoms with Crippen molar-refractivity contribution in [3.8, 4) is 0 Å². The number of hydrogen-bond donors (Lipinski definition) is 2. The molecular weight excluding hydrogens is 328 g/mol. The molecule has 2 aromatic rings. The maximum absolute atomic E-state index is 11.9. The van der Waals surface area contributed by atoms with Gasteiger partial charge in [0.05, 0.1) is 17.1 Å². The molecule has 0 aromatic carbocycles. The summed E-state index contributed by atoms with van der Waals surface area (Å²) in [5, 5.41) is 9.78. The molecule has 0 bridgehead atoms. The molecule has 26 heavy (non-hydrogen) atoms. The summed E-state index contributed by atoms with van der Waals surface area (Å²) in [6.07, 6.45) is 5.52. The summed E-state index contributed by atoms with van der Waals surface area (Å²) in [6.45, 7) is 6.01. The lowest BCUT2D eigenvalue weighted by molar-refractivity contribution is -0.130. The Bertz CT molecular complexity index is 779. The van der Waals surface area contributed by atoms with E-state index in [0.717, 1.165) is 69.4 Å². The fourth-order valence-electron chi connectivity index (χ4n) is 4.40. The minimum Gasteiger partial charge on any atom is -0.393 e. The van der Waals surface area contributed by atoms with Gasteiger partial charge in [-0.2, -0.15) is 0 Å². The number of rotatable bonds is 3. The van der Waals surface area contributed by atoms with Gasteiger partial charge in [0, 0.05) is 63.0 Å². The van der Waals surface area contributed by atoms with Crippen LogP contribution in [0, 0.1) is 0 Å².